The van der Waals surface area contributed by atoms with Crippen molar-refractivity contribution < 1.29 is 4.74 Å². The van der Waals surface area contributed by atoms with Gasteiger partial charge in [0.05, 0.1) is 16.4 Å². The first-order valence-corrected chi connectivity index (χ1v) is 9.15. The number of nitrogens with one attached hydrogen (secondary N) is 1. The van der Waals surface area contributed by atoms with Crippen LogP contribution in [0.5, 0.6) is 5.75 Å². The molecule has 2 aromatic carbocycles. The van der Waals surface area contributed by atoms with Crippen LogP contribution >= 0.6 is 11.6 Å². The van der Waals surface area contributed by atoms with Crippen molar-refractivity contribution in [3.63, 3.8) is 0 Å². The molecule has 0 atom stereocenters. The Morgan fingerprint density at radius 3 is 2.58 bits per heavy atom. The van der Waals surface area contributed by atoms with Gasteiger partial charge in [-0.05, 0) is 56.2 Å². The van der Waals surface area contributed by atoms with Crippen LogP contribution in [-0.4, -0.2) is 16.8 Å². The molecule has 0 radical (unpaired) electrons. The third-order valence-corrected chi connectivity index (χ3v) is 4.76. The molecule has 1 aromatic heterocycles. The van der Waals surface area contributed by atoms with Gasteiger partial charge in [-0.15, -0.1) is 0 Å². The number of rotatable bonds is 6. The van der Waals surface area contributed by atoms with Gasteiger partial charge in [0.2, 0.25) is 0 Å². The van der Waals surface area contributed by atoms with Gasteiger partial charge in [0.25, 0.3) is 0 Å². The van der Waals surface area contributed by atoms with Crippen molar-refractivity contribution in [2.75, 3.05) is 12.4 Å². The van der Waals surface area contributed by atoms with Gasteiger partial charge in [0.15, 0.2) is 0 Å². The Balaban J connectivity index is 1.83. The van der Waals surface area contributed by atoms with Crippen molar-refractivity contribution in [2.45, 2.75) is 33.8 Å². The van der Waals surface area contributed by atoms with Crippen LogP contribution in [0.1, 0.15) is 29.4 Å². The summed E-state index contributed by atoms with van der Waals surface area (Å²) in [4.78, 5) is 0. The van der Waals surface area contributed by atoms with E-state index in [9.17, 15) is 0 Å². The van der Waals surface area contributed by atoms with Crippen LogP contribution in [0.25, 0.3) is 5.69 Å². The summed E-state index contributed by atoms with van der Waals surface area (Å²) in [5.74, 6) is 0.671. The predicted molar refractivity (Wildman–Crippen MR) is 108 cm³/mol. The number of ether oxygens (including phenoxy) is 1. The highest BCUT2D eigenvalue weighted by molar-refractivity contribution is 6.32. The molecule has 0 spiro atoms. The van der Waals surface area contributed by atoms with E-state index < -0.39 is 0 Å². The number of aryl methyl sites for hydroxylation is 3. The van der Waals surface area contributed by atoms with E-state index in [-0.39, 0.29) is 0 Å². The van der Waals surface area contributed by atoms with E-state index >= 15 is 0 Å². The number of hydrogen-bond donors (Lipinski definition) is 1. The Kier molecular flexibility index (Phi) is 5.52. The highest BCUT2D eigenvalue weighted by Gasteiger charge is 2.11. The quantitative estimate of drug-likeness (QED) is 0.638. The highest BCUT2D eigenvalue weighted by atomic mass is 35.5. The highest BCUT2D eigenvalue weighted by Crippen LogP contribution is 2.30. The largest absolute Gasteiger partial charge is 0.487 e. The van der Waals surface area contributed by atoms with Crippen LogP contribution in [-0.2, 0) is 13.0 Å². The molecular formula is C21H24ClN3O. The second-order valence-corrected chi connectivity index (χ2v) is 6.70. The first-order valence-electron chi connectivity index (χ1n) is 8.78. The molecule has 0 saturated heterocycles. The first-order chi connectivity index (χ1) is 12.5. The van der Waals surface area contributed by atoms with E-state index in [1.807, 2.05) is 49.8 Å². The zero-order chi connectivity index (χ0) is 18.7. The van der Waals surface area contributed by atoms with Crippen molar-refractivity contribution in [1.82, 2.24) is 9.78 Å². The number of halogens is 1. The molecule has 0 amide bonds. The maximum absolute atomic E-state index is 6.47. The zero-order valence-electron chi connectivity index (χ0n) is 15.6. The average molecular weight is 370 g/mol. The third-order valence-electron chi connectivity index (χ3n) is 4.46. The molecule has 4 nitrogen and oxygen atoms in total. The lowest BCUT2D eigenvalue weighted by Gasteiger charge is -2.16. The summed E-state index contributed by atoms with van der Waals surface area (Å²) in [7, 11) is 1.93. The molecule has 3 rings (SSSR count). The maximum Gasteiger partial charge on any atom is 0.138 e. The molecule has 0 fully saturated rings. The lowest BCUT2D eigenvalue weighted by Crippen LogP contribution is -2.05. The topological polar surface area (TPSA) is 39.1 Å². The second kappa shape index (κ2) is 7.83. The summed E-state index contributed by atoms with van der Waals surface area (Å²) in [5, 5.41) is 8.31. The van der Waals surface area contributed by atoms with Crippen LogP contribution < -0.4 is 10.1 Å². The summed E-state index contributed by atoms with van der Waals surface area (Å²) in [6, 6.07) is 14.1. The number of anilines is 1. The molecule has 26 heavy (non-hydrogen) atoms. The Labute approximate surface area is 159 Å². The third kappa shape index (κ3) is 3.70. The molecule has 0 unspecified atom stereocenters. The van der Waals surface area contributed by atoms with Gasteiger partial charge in [-0.25, -0.2) is 4.68 Å². The van der Waals surface area contributed by atoms with Gasteiger partial charge in [0, 0.05) is 24.0 Å². The Hall–Kier alpha value is -2.46. The summed E-state index contributed by atoms with van der Waals surface area (Å²) in [6.07, 6.45) is 0.957. The van der Waals surface area contributed by atoms with Gasteiger partial charge >= 0.3 is 0 Å². The van der Waals surface area contributed by atoms with Crippen molar-refractivity contribution in [3.05, 3.63) is 70.0 Å². The van der Waals surface area contributed by atoms with Gasteiger partial charge in [0.1, 0.15) is 12.4 Å². The van der Waals surface area contributed by atoms with Gasteiger partial charge < -0.3 is 10.1 Å². The zero-order valence-corrected chi connectivity index (χ0v) is 16.4. The Morgan fingerprint density at radius 2 is 1.96 bits per heavy atom. The van der Waals surface area contributed by atoms with Crippen LogP contribution in [0.3, 0.4) is 0 Å². The molecule has 0 saturated carbocycles. The van der Waals surface area contributed by atoms with E-state index in [1.165, 1.54) is 5.56 Å². The number of nitrogens with zero attached hydrogens (tertiary/aromatic N) is 2. The van der Waals surface area contributed by atoms with E-state index in [4.69, 9.17) is 16.3 Å². The smallest absolute Gasteiger partial charge is 0.138 e. The van der Waals surface area contributed by atoms with Crippen molar-refractivity contribution in [2.24, 2.45) is 0 Å². The fourth-order valence-corrected chi connectivity index (χ4v) is 3.38. The van der Waals surface area contributed by atoms with Gasteiger partial charge in [-0.3, -0.25) is 0 Å². The van der Waals surface area contributed by atoms with Crippen LogP contribution in [0.4, 0.5) is 5.69 Å². The molecule has 136 valence electrons. The average Bonchev–Trinajstić information content (AvgIpc) is 2.98. The molecule has 1 N–H and O–H groups in total. The Bertz CT molecular complexity index is 895. The lowest BCUT2D eigenvalue weighted by molar-refractivity contribution is 0.306. The van der Waals surface area contributed by atoms with E-state index in [1.54, 1.807) is 0 Å². The normalized spacial score (nSPS) is 10.8. The summed E-state index contributed by atoms with van der Waals surface area (Å²) >= 11 is 6.47. The standard InChI is InChI=1S/C21H24ClN3O/c1-5-16-7-6-8-20(23-4)18(16)13-26-21-10-9-17(12-19(21)22)25-15(3)11-14(2)24-25/h6-12,23H,5,13H2,1-4H3. The van der Waals surface area contributed by atoms with Crippen molar-refractivity contribution in [3.8, 4) is 11.4 Å². The molecule has 0 aliphatic rings. The Morgan fingerprint density at radius 1 is 1.15 bits per heavy atom. The molecule has 0 bridgehead atoms. The molecule has 0 aliphatic carbocycles. The predicted octanol–water partition coefficient (Wildman–Crippen LogP) is 5.33. The summed E-state index contributed by atoms with van der Waals surface area (Å²) in [6.45, 7) is 6.62. The van der Waals surface area contributed by atoms with E-state index in [0.29, 0.717) is 17.4 Å². The van der Waals surface area contributed by atoms with E-state index in [2.05, 4.69) is 35.5 Å². The molecule has 3 aromatic rings. The minimum Gasteiger partial charge on any atom is -0.487 e. The van der Waals surface area contributed by atoms with Gasteiger partial charge in [-0.2, -0.15) is 5.10 Å². The number of benzene rings is 2. The molecular weight excluding hydrogens is 346 g/mol. The van der Waals surface area contributed by atoms with Crippen molar-refractivity contribution >= 4 is 17.3 Å². The first kappa shape index (κ1) is 18.3. The van der Waals surface area contributed by atoms with Crippen molar-refractivity contribution in [1.29, 1.82) is 0 Å². The fourth-order valence-electron chi connectivity index (χ4n) is 3.15. The fraction of sp³-hybridized carbons (Fsp3) is 0.286. The SMILES string of the molecule is CCc1cccc(NC)c1COc1ccc(-n2nc(C)cc2C)cc1Cl. The monoisotopic (exact) mass is 369 g/mol. The molecule has 5 heteroatoms. The van der Waals surface area contributed by atoms with Gasteiger partial charge in [-0.1, -0.05) is 30.7 Å². The maximum atomic E-state index is 6.47. The summed E-state index contributed by atoms with van der Waals surface area (Å²) in [5.41, 5.74) is 6.50. The second-order valence-electron chi connectivity index (χ2n) is 6.29. The molecule has 1 heterocycles. The van der Waals surface area contributed by atoms with Crippen LogP contribution in [0.2, 0.25) is 5.02 Å². The molecule has 0 aliphatic heterocycles. The van der Waals surface area contributed by atoms with Crippen LogP contribution in [0, 0.1) is 13.8 Å². The lowest BCUT2D eigenvalue weighted by atomic mass is 10.0. The summed E-state index contributed by atoms with van der Waals surface area (Å²) < 4.78 is 7.92. The van der Waals surface area contributed by atoms with Crippen LogP contribution in [0.15, 0.2) is 42.5 Å². The minimum absolute atomic E-state index is 0.471. The van der Waals surface area contributed by atoms with E-state index in [0.717, 1.165) is 34.7 Å². The number of aromatic nitrogens is 2. The minimum atomic E-state index is 0.471. The number of hydrogen-bond acceptors (Lipinski definition) is 3.